The lowest BCUT2D eigenvalue weighted by atomic mass is 10.2. The number of nitrogens with zero attached hydrogens (tertiary/aromatic N) is 3. The topological polar surface area (TPSA) is 45.4 Å². The average Bonchev–Trinajstić information content (AvgIpc) is 3.29. The molecule has 3 fully saturated rings. The Bertz CT molecular complexity index is 442. The fourth-order valence-corrected chi connectivity index (χ4v) is 3.96. The maximum atomic E-state index is 6.04. The summed E-state index contributed by atoms with van der Waals surface area (Å²) in [5.41, 5.74) is 7.40. The van der Waals surface area contributed by atoms with E-state index in [-0.39, 0.29) is 0 Å². The summed E-state index contributed by atoms with van der Waals surface area (Å²) in [6.45, 7) is 4.73. The van der Waals surface area contributed by atoms with Gasteiger partial charge in [-0.25, -0.2) is 0 Å². The number of rotatable bonds is 3. The second-order valence-corrected chi connectivity index (χ2v) is 6.57. The van der Waals surface area contributed by atoms with Crippen molar-refractivity contribution in [2.24, 2.45) is 0 Å². The van der Waals surface area contributed by atoms with Gasteiger partial charge in [0.15, 0.2) is 0 Å². The molecule has 0 amide bonds. The van der Waals surface area contributed by atoms with Crippen molar-refractivity contribution in [2.45, 2.75) is 37.6 Å². The highest BCUT2D eigenvalue weighted by Crippen LogP contribution is 2.49. The molecule has 2 N–H and O–H groups in total. The smallest absolute Gasteiger partial charge is 0.142 e. The van der Waals surface area contributed by atoms with Crippen molar-refractivity contribution in [3.05, 3.63) is 5.56 Å². The van der Waals surface area contributed by atoms with Gasteiger partial charge in [0.05, 0.1) is 0 Å². The second kappa shape index (κ2) is 4.10. The first-order chi connectivity index (χ1) is 8.83. The highest BCUT2D eigenvalue weighted by molar-refractivity contribution is 7.10. The molecule has 0 atom stereocenters. The van der Waals surface area contributed by atoms with Crippen molar-refractivity contribution < 1.29 is 0 Å². The minimum absolute atomic E-state index is 0.709. The number of hydrogen-bond acceptors (Lipinski definition) is 5. The number of nitrogen functional groups attached to an aromatic ring is 1. The van der Waals surface area contributed by atoms with Crippen molar-refractivity contribution in [1.82, 2.24) is 9.27 Å². The lowest BCUT2D eigenvalue weighted by Crippen LogP contribution is -2.47. The van der Waals surface area contributed by atoms with Crippen LogP contribution in [0.5, 0.6) is 0 Å². The minimum atomic E-state index is 0.709. The maximum absolute atomic E-state index is 6.04. The molecule has 5 heteroatoms. The quantitative estimate of drug-likeness (QED) is 0.905. The number of hydrogen-bond donors (Lipinski definition) is 1. The first-order valence-corrected chi connectivity index (χ1v) is 7.84. The summed E-state index contributed by atoms with van der Waals surface area (Å²) in [4.78, 5) is 5.16. The fourth-order valence-electron chi connectivity index (χ4n) is 3.01. The normalized spacial score (nSPS) is 25.7. The Morgan fingerprint density at radius 1 is 1.06 bits per heavy atom. The predicted octanol–water partition coefficient (Wildman–Crippen LogP) is 1.89. The highest BCUT2D eigenvalue weighted by atomic mass is 32.1. The van der Waals surface area contributed by atoms with E-state index in [0.29, 0.717) is 5.92 Å². The van der Waals surface area contributed by atoms with E-state index in [1.807, 2.05) is 0 Å². The molecule has 2 saturated carbocycles. The van der Waals surface area contributed by atoms with Crippen molar-refractivity contribution in [3.63, 3.8) is 0 Å². The summed E-state index contributed by atoms with van der Waals surface area (Å²) in [5, 5.41) is 1.37. The largest absolute Gasteiger partial charge is 0.383 e. The minimum Gasteiger partial charge on any atom is -0.383 e. The summed E-state index contributed by atoms with van der Waals surface area (Å²) in [6, 6.07) is 0.904. The summed E-state index contributed by atoms with van der Waals surface area (Å²) in [7, 11) is 0. The van der Waals surface area contributed by atoms with Gasteiger partial charge in [0.25, 0.3) is 0 Å². The van der Waals surface area contributed by atoms with Crippen LogP contribution >= 0.6 is 11.5 Å². The van der Waals surface area contributed by atoms with Gasteiger partial charge in [-0.2, -0.15) is 4.37 Å². The highest BCUT2D eigenvalue weighted by Gasteiger charge is 2.35. The van der Waals surface area contributed by atoms with Gasteiger partial charge in [-0.15, -0.1) is 0 Å². The van der Waals surface area contributed by atoms with Gasteiger partial charge in [0.2, 0.25) is 0 Å². The zero-order valence-electron chi connectivity index (χ0n) is 10.6. The van der Waals surface area contributed by atoms with E-state index in [0.717, 1.165) is 24.9 Å². The molecule has 0 unspecified atom stereocenters. The number of piperazine rings is 1. The molecule has 4 rings (SSSR count). The molecule has 3 aliphatic rings. The summed E-state index contributed by atoms with van der Waals surface area (Å²) >= 11 is 1.61. The molecule has 4 nitrogen and oxygen atoms in total. The molecule has 0 bridgehead atoms. The van der Waals surface area contributed by atoms with E-state index in [2.05, 4.69) is 14.2 Å². The lowest BCUT2D eigenvalue weighted by molar-refractivity contribution is 0.248. The van der Waals surface area contributed by atoms with Crippen molar-refractivity contribution in [2.75, 3.05) is 36.8 Å². The fraction of sp³-hybridized carbons (Fsp3) is 0.769. The van der Waals surface area contributed by atoms with Crippen LogP contribution in [0.25, 0.3) is 0 Å². The standard InChI is InChI=1S/C13H20N4S/c14-12-11(9-1-2-9)13(18-15-12)17-7-5-16(6-8-17)10-3-4-10/h9-10H,1-8H2,(H2,14,15). The molecule has 2 heterocycles. The third-order valence-electron chi connectivity index (χ3n) is 4.39. The van der Waals surface area contributed by atoms with E-state index >= 15 is 0 Å². The van der Waals surface area contributed by atoms with E-state index in [9.17, 15) is 0 Å². The summed E-state index contributed by atoms with van der Waals surface area (Å²) < 4.78 is 4.38. The Hall–Kier alpha value is -0.810. The number of anilines is 2. The van der Waals surface area contributed by atoms with Crippen LogP contribution in [0, 0.1) is 0 Å². The van der Waals surface area contributed by atoms with Crippen LogP contribution in [-0.4, -0.2) is 41.5 Å². The van der Waals surface area contributed by atoms with E-state index < -0.39 is 0 Å². The van der Waals surface area contributed by atoms with E-state index in [4.69, 9.17) is 5.73 Å². The zero-order chi connectivity index (χ0) is 12.1. The Morgan fingerprint density at radius 3 is 2.39 bits per heavy atom. The van der Waals surface area contributed by atoms with Crippen LogP contribution in [0.4, 0.5) is 10.8 Å². The van der Waals surface area contributed by atoms with Gasteiger partial charge in [-0.1, -0.05) is 0 Å². The SMILES string of the molecule is Nc1nsc(N2CCN(C3CC3)CC2)c1C1CC1. The first kappa shape index (κ1) is 11.1. The summed E-state index contributed by atoms with van der Waals surface area (Å²) in [5.74, 6) is 1.50. The van der Waals surface area contributed by atoms with Gasteiger partial charge >= 0.3 is 0 Å². The molecule has 1 aromatic rings. The zero-order valence-corrected chi connectivity index (χ0v) is 11.5. The Kier molecular flexibility index (Phi) is 2.52. The third-order valence-corrected chi connectivity index (χ3v) is 5.33. The van der Waals surface area contributed by atoms with Crippen LogP contribution in [0.2, 0.25) is 0 Å². The van der Waals surface area contributed by atoms with Gasteiger partial charge in [0, 0.05) is 37.8 Å². The Morgan fingerprint density at radius 2 is 1.78 bits per heavy atom. The second-order valence-electron chi connectivity index (χ2n) is 5.82. The molecular weight excluding hydrogens is 244 g/mol. The Balaban J connectivity index is 1.50. The maximum Gasteiger partial charge on any atom is 0.142 e. The van der Waals surface area contributed by atoms with Gasteiger partial charge < -0.3 is 10.6 Å². The molecule has 18 heavy (non-hydrogen) atoms. The van der Waals surface area contributed by atoms with Crippen LogP contribution < -0.4 is 10.6 Å². The molecular formula is C13H20N4S. The van der Waals surface area contributed by atoms with E-state index in [1.165, 1.54) is 49.3 Å². The van der Waals surface area contributed by atoms with Crippen LogP contribution in [0.15, 0.2) is 0 Å². The van der Waals surface area contributed by atoms with Gasteiger partial charge in [0.1, 0.15) is 10.8 Å². The van der Waals surface area contributed by atoms with Crippen LogP contribution in [-0.2, 0) is 0 Å². The molecule has 2 aliphatic carbocycles. The lowest BCUT2D eigenvalue weighted by Gasteiger charge is -2.35. The molecule has 0 spiro atoms. The first-order valence-electron chi connectivity index (χ1n) is 7.07. The summed E-state index contributed by atoms with van der Waals surface area (Å²) in [6.07, 6.45) is 5.44. The third kappa shape index (κ3) is 1.89. The predicted molar refractivity (Wildman–Crippen MR) is 75.3 cm³/mol. The Labute approximate surface area is 112 Å². The van der Waals surface area contributed by atoms with Crippen molar-refractivity contribution in [3.8, 4) is 0 Å². The number of nitrogens with two attached hydrogens (primary N) is 1. The molecule has 1 saturated heterocycles. The van der Waals surface area contributed by atoms with Crippen LogP contribution in [0.3, 0.4) is 0 Å². The van der Waals surface area contributed by atoms with Gasteiger partial charge in [-0.3, -0.25) is 4.90 Å². The molecule has 0 aromatic carbocycles. The molecule has 98 valence electrons. The molecule has 1 aliphatic heterocycles. The molecule has 0 radical (unpaired) electrons. The average molecular weight is 264 g/mol. The molecule has 1 aromatic heterocycles. The monoisotopic (exact) mass is 264 g/mol. The van der Waals surface area contributed by atoms with E-state index in [1.54, 1.807) is 11.5 Å². The van der Waals surface area contributed by atoms with Gasteiger partial charge in [-0.05, 0) is 43.1 Å². The van der Waals surface area contributed by atoms with Crippen molar-refractivity contribution >= 4 is 22.4 Å². The van der Waals surface area contributed by atoms with Crippen LogP contribution in [0.1, 0.15) is 37.2 Å². The number of aromatic nitrogens is 1. The van der Waals surface area contributed by atoms with Crippen molar-refractivity contribution in [1.29, 1.82) is 0 Å².